The van der Waals surface area contributed by atoms with Crippen molar-refractivity contribution in [1.82, 2.24) is 0 Å². The molecule has 0 fully saturated rings. The third-order valence-corrected chi connectivity index (χ3v) is 2.50. The molecule has 1 aromatic carbocycles. The molecular formula is C12H15NO2. The van der Waals surface area contributed by atoms with Crippen LogP contribution in [0.3, 0.4) is 0 Å². The number of fused-ring (bicyclic) bond motifs is 1. The number of aliphatic imine (C=N–C) groups is 1. The molecule has 1 unspecified atom stereocenters. The molecule has 1 aliphatic heterocycles. The molecule has 1 aromatic rings. The van der Waals surface area contributed by atoms with Crippen LogP contribution in [0.4, 0.5) is 0 Å². The first-order chi connectivity index (χ1) is 7.35. The van der Waals surface area contributed by atoms with Gasteiger partial charge in [-0.2, -0.15) is 0 Å². The van der Waals surface area contributed by atoms with Gasteiger partial charge in [0.15, 0.2) is 11.5 Å². The summed E-state index contributed by atoms with van der Waals surface area (Å²) < 4.78 is 10.6. The van der Waals surface area contributed by atoms with Crippen LogP contribution >= 0.6 is 0 Å². The van der Waals surface area contributed by atoms with Crippen LogP contribution < -0.4 is 9.47 Å². The van der Waals surface area contributed by atoms with Crippen LogP contribution in [-0.2, 0) is 0 Å². The molecule has 0 bridgehead atoms. The molecule has 1 atom stereocenters. The summed E-state index contributed by atoms with van der Waals surface area (Å²) in [5.74, 6) is 1.66. The number of nitrogens with zero attached hydrogens (tertiary/aromatic N) is 1. The molecule has 3 heteroatoms. The minimum atomic E-state index is 0.226. The number of hydrogen-bond donors (Lipinski definition) is 0. The van der Waals surface area contributed by atoms with E-state index in [1.807, 2.05) is 25.3 Å². The van der Waals surface area contributed by atoms with Crippen molar-refractivity contribution < 1.29 is 9.47 Å². The fourth-order valence-electron chi connectivity index (χ4n) is 1.73. The molecule has 80 valence electrons. The van der Waals surface area contributed by atoms with E-state index < -0.39 is 0 Å². The van der Waals surface area contributed by atoms with Gasteiger partial charge in [0, 0.05) is 0 Å². The minimum Gasteiger partial charge on any atom is -0.454 e. The van der Waals surface area contributed by atoms with Gasteiger partial charge in [-0.25, -0.2) is 0 Å². The van der Waals surface area contributed by atoms with E-state index in [9.17, 15) is 0 Å². The first kappa shape index (κ1) is 10.0. The highest BCUT2D eigenvalue weighted by molar-refractivity contribution is 5.54. The Kier molecular flexibility index (Phi) is 2.90. The minimum absolute atomic E-state index is 0.226. The van der Waals surface area contributed by atoms with Crippen LogP contribution in [0.25, 0.3) is 0 Å². The molecule has 0 saturated carbocycles. The number of hydrogen-bond acceptors (Lipinski definition) is 3. The molecule has 2 rings (SSSR count). The van der Waals surface area contributed by atoms with Crippen molar-refractivity contribution in [3.63, 3.8) is 0 Å². The van der Waals surface area contributed by atoms with E-state index in [0.29, 0.717) is 6.79 Å². The summed E-state index contributed by atoms with van der Waals surface area (Å²) >= 11 is 0. The lowest BCUT2D eigenvalue weighted by Crippen LogP contribution is -1.94. The fourth-order valence-corrected chi connectivity index (χ4v) is 1.73. The van der Waals surface area contributed by atoms with Gasteiger partial charge in [-0.15, -0.1) is 0 Å². The van der Waals surface area contributed by atoms with Crippen molar-refractivity contribution in [2.45, 2.75) is 26.3 Å². The van der Waals surface area contributed by atoms with Crippen LogP contribution in [0.2, 0.25) is 0 Å². The van der Waals surface area contributed by atoms with Crippen molar-refractivity contribution in [2.24, 2.45) is 4.99 Å². The molecule has 0 amide bonds. The zero-order valence-electron chi connectivity index (χ0n) is 9.06. The van der Waals surface area contributed by atoms with Gasteiger partial charge in [-0.3, -0.25) is 4.99 Å². The zero-order chi connectivity index (χ0) is 10.7. The number of ether oxygens (including phenoxy) is 2. The third-order valence-electron chi connectivity index (χ3n) is 2.50. The Balaban J connectivity index is 2.28. The average molecular weight is 205 g/mol. The molecular weight excluding hydrogens is 190 g/mol. The summed E-state index contributed by atoms with van der Waals surface area (Å²) in [5.41, 5.74) is 1.18. The first-order valence-electron chi connectivity index (χ1n) is 5.22. The summed E-state index contributed by atoms with van der Waals surface area (Å²) in [6, 6.07) is 6.24. The topological polar surface area (TPSA) is 30.8 Å². The van der Waals surface area contributed by atoms with Gasteiger partial charge in [-0.1, -0.05) is 13.0 Å². The van der Waals surface area contributed by atoms with Gasteiger partial charge in [0.05, 0.1) is 6.04 Å². The predicted molar refractivity (Wildman–Crippen MR) is 59.8 cm³/mol. The lowest BCUT2D eigenvalue weighted by atomic mass is 10.0. The van der Waals surface area contributed by atoms with E-state index in [4.69, 9.17) is 9.47 Å². The Morgan fingerprint density at radius 1 is 1.40 bits per heavy atom. The van der Waals surface area contributed by atoms with Crippen LogP contribution in [0, 0.1) is 0 Å². The van der Waals surface area contributed by atoms with Crippen LogP contribution in [0.5, 0.6) is 11.5 Å². The molecule has 0 aliphatic carbocycles. The van der Waals surface area contributed by atoms with E-state index in [0.717, 1.165) is 17.9 Å². The second kappa shape index (κ2) is 4.34. The van der Waals surface area contributed by atoms with Crippen LogP contribution in [0.1, 0.15) is 31.9 Å². The van der Waals surface area contributed by atoms with Gasteiger partial charge in [0.1, 0.15) is 0 Å². The Morgan fingerprint density at radius 3 is 2.93 bits per heavy atom. The van der Waals surface area contributed by atoms with Crippen LogP contribution in [-0.4, -0.2) is 13.0 Å². The smallest absolute Gasteiger partial charge is 0.231 e. The summed E-state index contributed by atoms with van der Waals surface area (Å²) in [6.07, 6.45) is 2.84. The lowest BCUT2D eigenvalue weighted by molar-refractivity contribution is 0.174. The Morgan fingerprint density at radius 2 is 2.20 bits per heavy atom. The molecule has 15 heavy (non-hydrogen) atoms. The fraction of sp³-hybridized carbons (Fsp3) is 0.417. The van der Waals surface area contributed by atoms with E-state index in [2.05, 4.69) is 18.0 Å². The quantitative estimate of drug-likeness (QED) is 0.710. The second-order valence-electron chi connectivity index (χ2n) is 3.44. The van der Waals surface area contributed by atoms with E-state index >= 15 is 0 Å². The maximum atomic E-state index is 5.34. The molecule has 1 aliphatic rings. The predicted octanol–water partition coefficient (Wildman–Crippen LogP) is 2.96. The van der Waals surface area contributed by atoms with Gasteiger partial charge in [0.25, 0.3) is 0 Å². The maximum absolute atomic E-state index is 5.34. The van der Waals surface area contributed by atoms with E-state index in [1.165, 1.54) is 5.56 Å². The zero-order valence-corrected chi connectivity index (χ0v) is 9.06. The highest BCUT2D eigenvalue weighted by Crippen LogP contribution is 2.35. The molecule has 1 heterocycles. The Hall–Kier alpha value is -1.51. The second-order valence-corrected chi connectivity index (χ2v) is 3.44. The van der Waals surface area contributed by atoms with Gasteiger partial charge in [0.2, 0.25) is 6.79 Å². The number of benzene rings is 1. The van der Waals surface area contributed by atoms with Crippen LogP contribution in [0.15, 0.2) is 23.2 Å². The summed E-state index contributed by atoms with van der Waals surface area (Å²) in [7, 11) is 0. The third kappa shape index (κ3) is 1.96. The SMILES string of the molecule is C/C=N\C(CC)c1ccc2c(c1)OCO2. The van der Waals surface area contributed by atoms with Gasteiger partial charge < -0.3 is 9.47 Å². The van der Waals surface area contributed by atoms with Crippen molar-refractivity contribution in [2.75, 3.05) is 6.79 Å². The lowest BCUT2D eigenvalue weighted by Gasteiger charge is -2.10. The van der Waals surface area contributed by atoms with Crippen molar-refractivity contribution in [3.8, 4) is 11.5 Å². The Bertz CT molecular complexity index is 374. The molecule has 0 N–H and O–H groups in total. The molecule has 0 radical (unpaired) electrons. The standard InChI is InChI=1S/C12H15NO2/c1-3-10(13-4-2)9-5-6-11-12(7-9)15-8-14-11/h4-7,10H,3,8H2,1-2H3/b13-4-. The maximum Gasteiger partial charge on any atom is 0.231 e. The molecule has 0 aromatic heterocycles. The monoisotopic (exact) mass is 205 g/mol. The average Bonchev–Trinajstić information content (AvgIpc) is 2.72. The summed E-state index contributed by atoms with van der Waals surface area (Å²) in [4.78, 5) is 4.42. The van der Waals surface area contributed by atoms with Gasteiger partial charge in [-0.05, 0) is 37.3 Å². The first-order valence-corrected chi connectivity index (χ1v) is 5.22. The highest BCUT2D eigenvalue weighted by Gasteiger charge is 2.15. The summed E-state index contributed by atoms with van der Waals surface area (Å²) in [5, 5.41) is 0. The van der Waals surface area contributed by atoms with Crippen molar-refractivity contribution in [1.29, 1.82) is 0 Å². The molecule has 0 spiro atoms. The molecule has 0 saturated heterocycles. The largest absolute Gasteiger partial charge is 0.454 e. The molecule has 3 nitrogen and oxygen atoms in total. The van der Waals surface area contributed by atoms with E-state index in [1.54, 1.807) is 0 Å². The van der Waals surface area contributed by atoms with Crippen molar-refractivity contribution in [3.05, 3.63) is 23.8 Å². The highest BCUT2D eigenvalue weighted by atomic mass is 16.7. The van der Waals surface area contributed by atoms with Crippen molar-refractivity contribution >= 4 is 6.21 Å². The Labute approximate surface area is 89.7 Å². The van der Waals surface area contributed by atoms with E-state index in [-0.39, 0.29) is 6.04 Å². The number of rotatable bonds is 3. The summed E-state index contributed by atoms with van der Waals surface area (Å²) in [6.45, 7) is 4.39. The van der Waals surface area contributed by atoms with Gasteiger partial charge >= 0.3 is 0 Å². The normalized spacial score (nSPS) is 15.9.